The average molecular weight is 541 g/mol. The number of hydrogen-bond acceptors (Lipinski definition) is 8. The molecule has 9 nitrogen and oxygen atoms in total. The number of likely N-dealkylation sites (N-methyl/N-ethyl adjacent to an activating group) is 1. The highest BCUT2D eigenvalue weighted by atomic mass is 32.2. The molecule has 0 amide bonds. The number of hydrogen-bond donors (Lipinski definition) is 3. The van der Waals surface area contributed by atoms with E-state index in [0.717, 1.165) is 30.1 Å². The predicted octanol–water partition coefficient (Wildman–Crippen LogP) is 5.46. The highest BCUT2D eigenvalue weighted by molar-refractivity contribution is 7.89. The van der Waals surface area contributed by atoms with E-state index in [0.29, 0.717) is 24.1 Å². The van der Waals surface area contributed by atoms with Crippen molar-refractivity contribution in [3.8, 4) is 5.75 Å². The first kappa shape index (κ1) is 29.3. The number of nitrogens with zero attached hydrogens (tertiary/aromatic N) is 3. The van der Waals surface area contributed by atoms with Gasteiger partial charge in [0.1, 0.15) is 18.2 Å². The van der Waals surface area contributed by atoms with Crippen LogP contribution >= 0.6 is 0 Å². The van der Waals surface area contributed by atoms with E-state index in [4.69, 9.17) is 4.74 Å². The third-order valence-corrected chi connectivity index (χ3v) is 7.32. The molecule has 38 heavy (non-hydrogen) atoms. The summed E-state index contributed by atoms with van der Waals surface area (Å²) >= 11 is 0. The van der Waals surface area contributed by atoms with Crippen molar-refractivity contribution in [3.05, 3.63) is 60.3 Å². The molecule has 0 bridgehead atoms. The van der Waals surface area contributed by atoms with Gasteiger partial charge in [-0.1, -0.05) is 19.4 Å². The first-order valence-electron chi connectivity index (χ1n) is 12.9. The zero-order valence-electron chi connectivity index (χ0n) is 23.2. The molecule has 0 saturated heterocycles. The third-order valence-electron chi connectivity index (χ3n) is 5.56. The number of sulfonamides is 1. The van der Waals surface area contributed by atoms with Crippen LogP contribution in [-0.2, 0) is 10.0 Å². The van der Waals surface area contributed by atoms with E-state index in [1.807, 2.05) is 31.2 Å². The van der Waals surface area contributed by atoms with Gasteiger partial charge < -0.3 is 20.3 Å². The lowest BCUT2D eigenvalue weighted by Crippen LogP contribution is -2.40. The molecule has 1 heterocycles. The fourth-order valence-electron chi connectivity index (χ4n) is 3.59. The molecule has 0 radical (unpaired) electrons. The van der Waals surface area contributed by atoms with Gasteiger partial charge in [0.05, 0.1) is 4.90 Å². The SMILES string of the molecule is CCCCN(C)CCOc1ccc(Nc2ncc(C)c(Nc3cccc(S(=O)(=O)NC(C)(C)C)c3)n2)cc1. The Labute approximate surface area is 227 Å². The molecule has 0 spiro atoms. The molecule has 0 aliphatic carbocycles. The minimum Gasteiger partial charge on any atom is -0.492 e. The second-order valence-electron chi connectivity index (χ2n) is 10.4. The highest BCUT2D eigenvalue weighted by Gasteiger charge is 2.22. The minimum absolute atomic E-state index is 0.178. The minimum atomic E-state index is -3.66. The van der Waals surface area contributed by atoms with Crippen molar-refractivity contribution in [3.63, 3.8) is 0 Å². The summed E-state index contributed by atoms with van der Waals surface area (Å²) in [4.78, 5) is 11.4. The van der Waals surface area contributed by atoms with Crippen molar-refractivity contribution >= 4 is 33.2 Å². The maximum atomic E-state index is 12.7. The number of ether oxygens (including phenoxy) is 1. The van der Waals surface area contributed by atoms with Gasteiger partial charge in [0.2, 0.25) is 16.0 Å². The van der Waals surface area contributed by atoms with Crippen molar-refractivity contribution in [1.29, 1.82) is 0 Å². The summed E-state index contributed by atoms with van der Waals surface area (Å²) in [5.74, 6) is 1.80. The van der Waals surface area contributed by atoms with Crippen LogP contribution in [0.5, 0.6) is 5.75 Å². The fourth-order valence-corrected chi connectivity index (χ4v) is 5.06. The Kier molecular flexibility index (Phi) is 10.1. The number of aromatic nitrogens is 2. The zero-order valence-corrected chi connectivity index (χ0v) is 24.0. The van der Waals surface area contributed by atoms with Crippen LogP contribution in [-0.4, -0.2) is 55.6 Å². The molecule has 0 atom stereocenters. The van der Waals surface area contributed by atoms with Crippen LogP contribution in [0.2, 0.25) is 0 Å². The summed E-state index contributed by atoms with van der Waals surface area (Å²) in [6, 6.07) is 14.3. The summed E-state index contributed by atoms with van der Waals surface area (Å²) in [6.07, 6.45) is 4.10. The van der Waals surface area contributed by atoms with Crippen molar-refractivity contribution in [1.82, 2.24) is 19.6 Å². The Morgan fingerprint density at radius 3 is 2.42 bits per heavy atom. The van der Waals surface area contributed by atoms with Gasteiger partial charge in [0.15, 0.2) is 0 Å². The number of rotatable bonds is 13. The molecule has 3 rings (SSSR count). The second kappa shape index (κ2) is 13.0. The van der Waals surface area contributed by atoms with Gasteiger partial charge in [-0.15, -0.1) is 0 Å². The van der Waals surface area contributed by atoms with Gasteiger partial charge >= 0.3 is 0 Å². The topological polar surface area (TPSA) is 108 Å². The number of anilines is 4. The lowest BCUT2D eigenvalue weighted by Gasteiger charge is -2.20. The van der Waals surface area contributed by atoms with Gasteiger partial charge in [-0.05, 0) is 90.2 Å². The van der Waals surface area contributed by atoms with Crippen LogP contribution < -0.4 is 20.1 Å². The van der Waals surface area contributed by atoms with E-state index in [9.17, 15) is 8.42 Å². The van der Waals surface area contributed by atoms with E-state index in [1.165, 1.54) is 12.8 Å². The molecule has 0 saturated carbocycles. The normalized spacial score (nSPS) is 12.0. The summed E-state index contributed by atoms with van der Waals surface area (Å²) in [7, 11) is -1.55. The molecule has 206 valence electrons. The Bertz CT molecular complexity index is 1290. The van der Waals surface area contributed by atoms with Crippen LogP contribution in [0.1, 0.15) is 46.1 Å². The van der Waals surface area contributed by atoms with Gasteiger partial charge in [0, 0.05) is 35.2 Å². The smallest absolute Gasteiger partial charge is 0.241 e. The highest BCUT2D eigenvalue weighted by Crippen LogP contribution is 2.24. The monoisotopic (exact) mass is 540 g/mol. The van der Waals surface area contributed by atoms with Crippen molar-refractivity contribution in [2.75, 3.05) is 37.4 Å². The number of unbranched alkanes of at least 4 members (excludes halogenated alkanes) is 1. The van der Waals surface area contributed by atoms with Crippen LogP contribution in [0.25, 0.3) is 0 Å². The van der Waals surface area contributed by atoms with Crippen molar-refractivity contribution < 1.29 is 13.2 Å². The standard InChI is InChI=1S/C28H40N6O3S/c1-7-8-16-34(6)17-18-37-24-14-12-22(13-15-24)31-27-29-20-21(2)26(32-27)30-23-10-9-11-25(19-23)38(35,36)33-28(3,4)5/h9-15,19-20,33H,7-8,16-18H2,1-6H3,(H2,29,30,31,32). The second-order valence-corrected chi connectivity index (χ2v) is 12.1. The summed E-state index contributed by atoms with van der Waals surface area (Å²) in [5, 5.41) is 6.43. The molecule has 0 aliphatic heterocycles. The number of aryl methyl sites for hydroxylation is 1. The van der Waals surface area contributed by atoms with Crippen LogP contribution in [0.3, 0.4) is 0 Å². The van der Waals surface area contributed by atoms with E-state index in [2.05, 4.69) is 44.2 Å². The van der Waals surface area contributed by atoms with Gasteiger partial charge in [-0.2, -0.15) is 4.98 Å². The zero-order chi connectivity index (χ0) is 27.8. The van der Waals surface area contributed by atoms with Crippen molar-refractivity contribution in [2.45, 2.75) is 57.9 Å². The van der Waals surface area contributed by atoms with E-state index in [-0.39, 0.29) is 4.90 Å². The molecular formula is C28H40N6O3S. The first-order chi connectivity index (χ1) is 17.9. The molecule has 1 aromatic heterocycles. The lowest BCUT2D eigenvalue weighted by molar-refractivity contribution is 0.235. The maximum absolute atomic E-state index is 12.7. The Morgan fingerprint density at radius 1 is 1.00 bits per heavy atom. The summed E-state index contributed by atoms with van der Waals surface area (Å²) < 4.78 is 34.0. The fraction of sp³-hybridized carbons (Fsp3) is 0.429. The molecular weight excluding hydrogens is 500 g/mol. The molecule has 3 aromatic rings. The van der Waals surface area contributed by atoms with E-state index >= 15 is 0 Å². The quantitative estimate of drug-likeness (QED) is 0.262. The van der Waals surface area contributed by atoms with E-state index < -0.39 is 15.6 Å². The number of benzene rings is 2. The average Bonchev–Trinajstić information content (AvgIpc) is 2.84. The van der Waals surface area contributed by atoms with Gasteiger partial charge in [0.25, 0.3) is 0 Å². The summed E-state index contributed by atoms with van der Waals surface area (Å²) in [6.45, 7) is 12.1. The molecule has 10 heteroatoms. The van der Waals surface area contributed by atoms with E-state index in [1.54, 1.807) is 51.2 Å². The maximum Gasteiger partial charge on any atom is 0.241 e. The Hall–Kier alpha value is -3.21. The molecule has 2 aromatic carbocycles. The molecule has 3 N–H and O–H groups in total. The van der Waals surface area contributed by atoms with Gasteiger partial charge in [-0.3, -0.25) is 0 Å². The van der Waals surface area contributed by atoms with Crippen LogP contribution in [0, 0.1) is 6.92 Å². The number of nitrogens with one attached hydrogen (secondary N) is 3. The van der Waals surface area contributed by atoms with Gasteiger partial charge in [-0.25, -0.2) is 18.1 Å². The molecule has 0 fully saturated rings. The molecule has 0 unspecified atom stereocenters. The molecule has 0 aliphatic rings. The first-order valence-corrected chi connectivity index (χ1v) is 14.4. The van der Waals surface area contributed by atoms with Crippen LogP contribution in [0.4, 0.5) is 23.1 Å². The lowest BCUT2D eigenvalue weighted by atomic mass is 10.1. The van der Waals surface area contributed by atoms with Crippen LogP contribution in [0.15, 0.2) is 59.6 Å². The van der Waals surface area contributed by atoms with Crippen molar-refractivity contribution in [2.24, 2.45) is 0 Å². The summed E-state index contributed by atoms with van der Waals surface area (Å²) in [5.41, 5.74) is 1.68. The Morgan fingerprint density at radius 2 is 1.74 bits per heavy atom. The largest absolute Gasteiger partial charge is 0.492 e. The predicted molar refractivity (Wildman–Crippen MR) is 154 cm³/mol. The third kappa shape index (κ3) is 9.27. The Balaban J connectivity index is 1.64.